The van der Waals surface area contributed by atoms with E-state index in [1.807, 2.05) is 7.05 Å². The molecule has 1 aromatic carbocycles. The Balaban J connectivity index is 3.23. The van der Waals surface area contributed by atoms with Crippen molar-refractivity contribution < 1.29 is 0 Å². The highest BCUT2D eigenvalue weighted by Gasteiger charge is 2.07. The molecule has 0 aliphatic heterocycles. The zero-order valence-corrected chi connectivity index (χ0v) is 9.23. The lowest BCUT2D eigenvalue weighted by Crippen LogP contribution is -1.99. The van der Waals surface area contributed by atoms with Crippen LogP contribution in [0, 0.1) is 13.8 Å². The maximum Gasteiger partial charge on any atom is 0.0370 e. The van der Waals surface area contributed by atoms with Gasteiger partial charge in [-0.3, -0.25) is 0 Å². The van der Waals surface area contributed by atoms with Gasteiger partial charge >= 0.3 is 0 Å². The summed E-state index contributed by atoms with van der Waals surface area (Å²) in [7, 11) is 1.97. The van der Waals surface area contributed by atoms with Gasteiger partial charge in [0.15, 0.2) is 0 Å². The summed E-state index contributed by atoms with van der Waals surface area (Å²) >= 11 is 0. The zero-order chi connectivity index (χ0) is 10.0. The van der Waals surface area contributed by atoms with E-state index in [1.54, 1.807) is 0 Å². The lowest BCUT2D eigenvalue weighted by atomic mass is 9.94. The summed E-state index contributed by atoms with van der Waals surface area (Å²) in [5.41, 5.74) is 5.48. The third-order valence-electron chi connectivity index (χ3n) is 2.72. The first kappa shape index (κ1) is 10.1. The molecule has 0 saturated carbocycles. The molecule has 0 radical (unpaired) electrons. The van der Waals surface area contributed by atoms with Crippen LogP contribution in [-0.2, 0) is 0 Å². The number of rotatable bonds is 2. The van der Waals surface area contributed by atoms with Gasteiger partial charge < -0.3 is 5.32 Å². The molecule has 0 bridgehead atoms. The Morgan fingerprint density at radius 3 is 2.15 bits per heavy atom. The van der Waals surface area contributed by atoms with Crippen LogP contribution in [0.25, 0.3) is 0 Å². The van der Waals surface area contributed by atoms with Crippen molar-refractivity contribution in [1.82, 2.24) is 0 Å². The first-order valence-corrected chi connectivity index (χ1v) is 4.85. The molecular weight excluding hydrogens is 158 g/mol. The molecule has 0 aliphatic rings. The number of nitrogens with one attached hydrogen (secondary N) is 1. The summed E-state index contributed by atoms with van der Waals surface area (Å²) in [5, 5.41) is 3.20. The van der Waals surface area contributed by atoms with Gasteiger partial charge in [-0.15, -0.1) is 0 Å². The molecule has 0 spiro atoms. The van der Waals surface area contributed by atoms with Crippen LogP contribution in [0.15, 0.2) is 12.1 Å². The number of anilines is 1. The van der Waals surface area contributed by atoms with E-state index in [9.17, 15) is 0 Å². The van der Waals surface area contributed by atoms with Gasteiger partial charge in [-0.1, -0.05) is 19.9 Å². The van der Waals surface area contributed by atoms with E-state index in [2.05, 4.69) is 45.1 Å². The minimum Gasteiger partial charge on any atom is -0.388 e. The smallest absolute Gasteiger partial charge is 0.0370 e. The molecular formula is C12H19N. The van der Waals surface area contributed by atoms with Gasteiger partial charge in [-0.25, -0.2) is 0 Å². The van der Waals surface area contributed by atoms with Gasteiger partial charge in [0.1, 0.15) is 0 Å². The molecule has 0 unspecified atom stereocenters. The fraction of sp³-hybridized carbons (Fsp3) is 0.500. The number of benzene rings is 1. The van der Waals surface area contributed by atoms with Crippen LogP contribution < -0.4 is 5.32 Å². The summed E-state index contributed by atoms with van der Waals surface area (Å²) in [6.07, 6.45) is 0. The highest BCUT2D eigenvalue weighted by Crippen LogP contribution is 2.26. The van der Waals surface area contributed by atoms with E-state index >= 15 is 0 Å². The van der Waals surface area contributed by atoms with Crippen LogP contribution >= 0.6 is 0 Å². The standard InChI is InChI=1S/C12H19N/c1-8(2)11-6-7-12(13-5)10(4)9(11)3/h6-8,13H,1-5H3. The highest BCUT2D eigenvalue weighted by atomic mass is 14.8. The van der Waals surface area contributed by atoms with E-state index in [0.717, 1.165) is 0 Å². The van der Waals surface area contributed by atoms with Gasteiger partial charge in [0.2, 0.25) is 0 Å². The van der Waals surface area contributed by atoms with Crippen molar-refractivity contribution in [3.8, 4) is 0 Å². The van der Waals surface area contributed by atoms with Crippen molar-refractivity contribution in [1.29, 1.82) is 0 Å². The minimum atomic E-state index is 0.615. The van der Waals surface area contributed by atoms with Crippen molar-refractivity contribution in [2.75, 3.05) is 12.4 Å². The van der Waals surface area contributed by atoms with Crippen molar-refractivity contribution in [2.24, 2.45) is 0 Å². The quantitative estimate of drug-likeness (QED) is 0.729. The van der Waals surface area contributed by atoms with Crippen molar-refractivity contribution in [3.63, 3.8) is 0 Å². The Labute approximate surface area is 81.2 Å². The molecule has 72 valence electrons. The Morgan fingerprint density at radius 2 is 1.69 bits per heavy atom. The molecule has 0 amide bonds. The molecule has 0 atom stereocenters. The van der Waals surface area contributed by atoms with Crippen LogP contribution in [0.2, 0.25) is 0 Å². The molecule has 1 nitrogen and oxygen atoms in total. The fourth-order valence-corrected chi connectivity index (χ4v) is 1.74. The average Bonchev–Trinajstić information content (AvgIpc) is 2.09. The van der Waals surface area contributed by atoms with Gasteiger partial charge in [0.25, 0.3) is 0 Å². The van der Waals surface area contributed by atoms with E-state index < -0.39 is 0 Å². The van der Waals surface area contributed by atoms with Crippen LogP contribution in [0.1, 0.15) is 36.5 Å². The molecule has 0 heterocycles. The lowest BCUT2D eigenvalue weighted by molar-refractivity contribution is 0.854. The zero-order valence-electron chi connectivity index (χ0n) is 9.23. The summed E-state index contributed by atoms with van der Waals surface area (Å²) < 4.78 is 0. The largest absolute Gasteiger partial charge is 0.388 e. The molecule has 1 aromatic rings. The lowest BCUT2D eigenvalue weighted by Gasteiger charge is -2.15. The normalized spacial score (nSPS) is 10.6. The predicted octanol–water partition coefficient (Wildman–Crippen LogP) is 3.47. The summed E-state index contributed by atoms with van der Waals surface area (Å²) in [6.45, 7) is 8.85. The summed E-state index contributed by atoms with van der Waals surface area (Å²) in [4.78, 5) is 0. The Hall–Kier alpha value is -0.980. The second kappa shape index (κ2) is 3.82. The molecule has 1 N–H and O–H groups in total. The van der Waals surface area contributed by atoms with Gasteiger partial charge in [-0.2, -0.15) is 0 Å². The monoisotopic (exact) mass is 177 g/mol. The molecule has 0 saturated heterocycles. The molecule has 0 aliphatic carbocycles. The SMILES string of the molecule is CNc1ccc(C(C)C)c(C)c1C. The van der Waals surface area contributed by atoms with Crippen molar-refractivity contribution in [2.45, 2.75) is 33.6 Å². The van der Waals surface area contributed by atoms with Crippen LogP contribution in [0.4, 0.5) is 5.69 Å². The van der Waals surface area contributed by atoms with Gasteiger partial charge in [-0.05, 0) is 42.5 Å². The number of hydrogen-bond acceptors (Lipinski definition) is 1. The molecule has 0 fully saturated rings. The van der Waals surface area contributed by atoms with Gasteiger partial charge in [0.05, 0.1) is 0 Å². The highest BCUT2D eigenvalue weighted by molar-refractivity contribution is 5.56. The Morgan fingerprint density at radius 1 is 1.08 bits per heavy atom. The molecule has 1 heteroatoms. The maximum absolute atomic E-state index is 3.20. The fourth-order valence-electron chi connectivity index (χ4n) is 1.74. The third-order valence-corrected chi connectivity index (χ3v) is 2.72. The summed E-state index contributed by atoms with van der Waals surface area (Å²) in [5.74, 6) is 0.615. The van der Waals surface area contributed by atoms with Crippen molar-refractivity contribution >= 4 is 5.69 Å². The third kappa shape index (κ3) is 1.85. The second-order valence-electron chi connectivity index (χ2n) is 3.86. The van der Waals surface area contributed by atoms with E-state index in [4.69, 9.17) is 0 Å². The maximum atomic E-state index is 3.20. The van der Waals surface area contributed by atoms with E-state index in [-0.39, 0.29) is 0 Å². The first-order valence-electron chi connectivity index (χ1n) is 4.85. The van der Waals surface area contributed by atoms with Crippen LogP contribution in [-0.4, -0.2) is 7.05 Å². The van der Waals surface area contributed by atoms with Crippen LogP contribution in [0.3, 0.4) is 0 Å². The van der Waals surface area contributed by atoms with Crippen LogP contribution in [0.5, 0.6) is 0 Å². The average molecular weight is 177 g/mol. The Kier molecular flexibility index (Phi) is 2.97. The first-order chi connectivity index (χ1) is 6.07. The van der Waals surface area contributed by atoms with Crippen molar-refractivity contribution in [3.05, 3.63) is 28.8 Å². The predicted molar refractivity (Wildman–Crippen MR) is 59.6 cm³/mol. The molecule has 1 rings (SSSR count). The molecule has 13 heavy (non-hydrogen) atoms. The second-order valence-corrected chi connectivity index (χ2v) is 3.86. The van der Waals surface area contributed by atoms with E-state index in [0.29, 0.717) is 5.92 Å². The Bertz CT molecular complexity index is 300. The van der Waals surface area contributed by atoms with Gasteiger partial charge in [0, 0.05) is 12.7 Å². The number of hydrogen-bond donors (Lipinski definition) is 1. The molecule has 0 aromatic heterocycles. The summed E-state index contributed by atoms with van der Waals surface area (Å²) in [6, 6.07) is 4.39. The van der Waals surface area contributed by atoms with E-state index in [1.165, 1.54) is 22.4 Å². The minimum absolute atomic E-state index is 0.615. The topological polar surface area (TPSA) is 12.0 Å².